The van der Waals surface area contributed by atoms with Crippen LogP contribution in [-0.4, -0.2) is 0 Å². The summed E-state index contributed by atoms with van der Waals surface area (Å²) < 4.78 is 13.8. The molecule has 0 N–H and O–H groups in total. The molecular formula is C90H60N4OS3. The van der Waals surface area contributed by atoms with E-state index in [0.717, 1.165) is 90.2 Å². The summed E-state index contributed by atoms with van der Waals surface area (Å²) in [6, 6.07) is 130. The van der Waals surface area contributed by atoms with Crippen molar-refractivity contribution in [2.45, 2.75) is 0 Å². The first-order valence-corrected chi connectivity index (χ1v) is 35.4. The molecule has 0 bridgehead atoms. The van der Waals surface area contributed by atoms with Crippen LogP contribution in [0.4, 0.5) is 68.2 Å². The second kappa shape index (κ2) is 25.3. The molecule has 15 aromatic carbocycles. The lowest BCUT2D eigenvalue weighted by Gasteiger charge is -2.25. The Bertz CT molecular complexity index is 6000. The first kappa shape index (κ1) is 58.5. The number of anilines is 12. The smallest absolute Gasteiger partial charge is 0.135 e. The molecule has 5 nitrogen and oxygen atoms in total. The highest BCUT2D eigenvalue weighted by Gasteiger charge is 2.22. The van der Waals surface area contributed by atoms with Gasteiger partial charge in [0.25, 0.3) is 0 Å². The lowest BCUT2D eigenvalue weighted by Crippen LogP contribution is -2.09. The number of fused-ring (bicyclic) bond motifs is 12. The molecule has 464 valence electrons. The number of benzene rings is 15. The molecule has 0 aliphatic heterocycles. The van der Waals surface area contributed by atoms with Crippen molar-refractivity contribution in [2.75, 3.05) is 19.6 Å². The zero-order chi connectivity index (χ0) is 64.9. The normalized spacial score (nSPS) is 11.5. The van der Waals surface area contributed by atoms with E-state index in [4.69, 9.17) is 4.42 Å². The van der Waals surface area contributed by atoms with Gasteiger partial charge in [0.2, 0.25) is 0 Å². The maximum atomic E-state index is 6.15. The molecule has 0 aliphatic rings. The summed E-state index contributed by atoms with van der Waals surface area (Å²) in [4.78, 5) is 9.39. The monoisotopic (exact) mass is 1310 g/mol. The first-order chi connectivity index (χ1) is 48.6. The van der Waals surface area contributed by atoms with Crippen LogP contribution in [0.15, 0.2) is 368 Å². The zero-order valence-electron chi connectivity index (χ0n) is 53.1. The molecule has 0 saturated carbocycles. The number of hydrogen-bond donors (Lipinski definition) is 0. The minimum atomic E-state index is 0.897. The quantitative estimate of drug-likeness (QED) is 0.115. The van der Waals surface area contributed by atoms with E-state index in [0.29, 0.717) is 0 Å². The van der Waals surface area contributed by atoms with E-state index in [-0.39, 0.29) is 0 Å². The Hall–Kier alpha value is -12.0. The molecule has 19 aromatic rings. The summed E-state index contributed by atoms with van der Waals surface area (Å²) in [7, 11) is 0. The van der Waals surface area contributed by atoms with Crippen LogP contribution in [0.5, 0.6) is 0 Å². The number of rotatable bonds is 13. The molecule has 0 unspecified atom stereocenters. The largest absolute Gasteiger partial charge is 0.456 e. The van der Waals surface area contributed by atoms with Crippen LogP contribution < -0.4 is 19.6 Å². The van der Waals surface area contributed by atoms with E-state index in [2.05, 4.69) is 371 Å². The summed E-state index contributed by atoms with van der Waals surface area (Å²) in [6.45, 7) is 0. The van der Waals surface area contributed by atoms with Gasteiger partial charge in [-0.05, 0) is 187 Å². The van der Waals surface area contributed by atoms with Crippen molar-refractivity contribution >= 4 is 185 Å². The number of hydrogen-bond acceptors (Lipinski definition) is 8. The van der Waals surface area contributed by atoms with Gasteiger partial charge in [-0.25, -0.2) is 0 Å². The van der Waals surface area contributed by atoms with Crippen molar-refractivity contribution in [1.29, 1.82) is 0 Å². The number of furan rings is 1. The Morgan fingerprint density at radius 2 is 0.449 bits per heavy atom. The van der Waals surface area contributed by atoms with Gasteiger partial charge in [-0.1, -0.05) is 188 Å². The van der Waals surface area contributed by atoms with Gasteiger partial charge in [-0.15, -0.1) is 34.0 Å². The molecule has 0 radical (unpaired) electrons. The summed E-state index contributed by atoms with van der Waals surface area (Å²) in [5.41, 5.74) is 17.9. The van der Waals surface area contributed by atoms with Gasteiger partial charge in [0, 0.05) is 140 Å². The predicted molar refractivity (Wildman–Crippen MR) is 423 cm³/mol. The van der Waals surface area contributed by atoms with Gasteiger partial charge >= 0.3 is 0 Å². The van der Waals surface area contributed by atoms with Crippen molar-refractivity contribution in [3.05, 3.63) is 364 Å². The molecule has 0 spiro atoms. The van der Waals surface area contributed by atoms with Crippen molar-refractivity contribution in [2.24, 2.45) is 0 Å². The Morgan fingerprint density at radius 1 is 0.163 bits per heavy atom. The first-order valence-electron chi connectivity index (χ1n) is 32.9. The van der Waals surface area contributed by atoms with E-state index < -0.39 is 0 Å². The topological polar surface area (TPSA) is 26.1 Å². The van der Waals surface area contributed by atoms with Crippen LogP contribution in [0.1, 0.15) is 0 Å². The number of nitrogens with zero attached hydrogens (tertiary/aromatic N) is 4. The SMILES string of the molecule is c1ccc(-c2ccc3sc4ccc(N(c5ccccc5)c5ccc6c(c5)sc5cc(N(c7ccccc7)c7ccccc7)ccc56)cc4c3c2)cc1.c1ccc(N(c2ccccc2)c2ccc3c(c2)sc2cc(N(c4ccccc4)c4ccc5oc6ccccc6c5c4)ccc23)cc1. The third-order valence-corrected chi connectivity index (χ3v) is 21.8. The van der Waals surface area contributed by atoms with E-state index >= 15 is 0 Å². The third-order valence-electron chi connectivity index (χ3n) is 18.4. The van der Waals surface area contributed by atoms with E-state index in [9.17, 15) is 0 Å². The summed E-state index contributed by atoms with van der Waals surface area (Å²) in [5, 5.41) is 9.93. The molecule has 0 fully saturated rings. The predicted octanol–water partition coefficient (Wildman–Crippen LogP) is 27.9. The van der Waals surface area contributed by atoms with Crippen LogP contribution in [0, 0.1) is 0 Å². The molecule has 98 heavy (non-hydrogen) atoms. The second-order valence-corrected chi connectivity index (χ2v) is 27.7. The lowest BCUT2D eigenvalue weighted by molar-refractivity contribution is 0.669. The van der Waals surface area contributed by atoms with Crippen molar-refractivity contribution in [3.63, 3.8) is 0 Å². The van der Waals surface area contributed by atoms with Crippen molar-refractivity contribution in [3.8, 4) is 11.1 Å². The van der Waals surface area contributed by atoms with Gasteiger partial charge in [0.1, 0.15) is 11.2 Å². The zero-order valence-corrected chi connectivity index (χ0v) is 55.5. The Labute approximate surface area is 579 Å². The van der Waals surface area contributed by atoms with E-state index in [1.54, 1.807) is 0 Å². The van der Waals surface area contributed by atoms with Gasteiger partial charge in [-0.3, -0.25) is 0 Å². The summed E-state index contributed by atoms with van der Waals surface area (Å²) >= 11 is 5.56. The Balaban J connectivity index is 0.000000143. The standard InChI is InChI=1S/C48H32N2S2.C42H28N2OS/c1-5-13-33(14-6-1)34-21-27-45-43(29-34)44-30-38(24-28-46(44)51-45)50(37-19-11-4-12-20-37)40-23-26-42-41-25-22-39(31-47(41)52-48(42)32-40)49(35-15-7-2-8-16-35)36-17-9-3-10-18-36;1-4-12-29(13-5-1)43(30-14-6-2-7-15-30)33-20-23-36-37-24-21-34(28-42(37)46-41(36)27-33)44(31-16-8-3-9-17-31)32-22-25-40-38(26-32)35-18-10-11-19-39(35)45-40/h1-32H;1-28H. The molecule has 0 atom stereocenters. The highest BCUT2D eigenvalue weighted by atomic mass is 32.1. The molecule has 0 aliphatic carbocycles. The van der Waals surface area contributed by atoms with Crippen molar-refractivity contribution < 1.29 is 4.42 Å². The third kappa shape index (κ3) is 10.9. The highest BCUT2D eigenvalue weighted by Crippen LogP contribution is 2.48. The van der Waals surface area contributed by atoms with Crippen LogP contribution in [0.2, 0.25) is 0 Å². The summed E-state index contributed by atoms with van der Waals surface area (Å²) in [5.74, 6) is 0. The van der Waals surface area contributed by atoms with Crippen LogP contribution in [0.3, 0.4) is 0 Å². The van der Waals surface area contributed by atoms with Crippen LogP contribution in [0.25, 0.3) is 93.6 Å². The minimum Gasteiger partial charge on any atom is -0.456 e. The maximum absolute atomic E-state index is 6.15. The lowest BCUT2D eigenvalue weighted by atomic mass is 10.0. The fourth-order valence-corrected chi connectivity index (χ4v) is 17.3. The fraction of sp³-hybridized carbons (Fsp3) is 0. The Morgan fingerprint density at radius 3 is 0.857 bits per heavy atom. The maximum Gasteiger partial charge on any atom is 0.135 e. The molecule has 19 rings (SSSR count). The molecule has 0 amide bonds. The molecule has 4 heterocycles. The molecular weight excluding hydrogens is 1250 g/mol. The van der Waals surface area contributed by atoms with Gasteiger partial charge in [0.05, 0.1) is 0 Å². The van der Waals surface area contributed by atoms with Gasteiger partial charge in [0.15, 0.2) is 0 Å². The van der Waals surface area contributed by atoms with Crippen LogP contribution >= 0.6 is 34.0 Å². The molecule has 4 aromatic heterocycles. The molecule has 0 saturated heterocycles. The van der Waals surface area contributed by atoms with Gasteiger partial charge in [-0.2, -0.15) is 0 Å². The van der Waals surface area contributed by atoms with Crippen molar-refractivity contribution in [1.82, 2.24) is 0 Å². The van der Waals surface area contributed by atoms with E-state index in [1.807, 2.05) is 46.1 Å². The highest BCUT2D eigenvalue weighted by molar-refractivity contribution is 7.26. The number of para-hydroxylation sites is 7. The Kier molecular flexibility index (Phi) is 15.1. The van der Waals surface area contributed by atoms with Gasteiger partial charge < -0.3 is 24.0 Å². The summed E-state index contributed by atoms with van der Waals surface area (Å²) in [6.07, 6.45) is 0. The molecule has 8 heteroatoms. The van der Waals surface area contributed by atoms with E-state index in [1.165, 1.54) is 71.6 Å². The second-order valence-electron chi connectivity index (χ2n) is 24.4. The minimum absolute atomic E-state index is 0.897. The fourth-order valence-electron chi connectivity index (χ4n) is 13.9. The average Bonchev–Trinajstić information content (AvgIpc) is 1.59. The van der Waals surface area contributed by atoms with Crippen LogP contribution in [-0.2, 0) is 0 Å². The average molecular weight is 1310 g/mol. The number of thiophene rings is 3.